The summed E-state index contributed by atoms with van der Waals surface area (Å²) in [4.78, 5) is 23.1. The van der Waals surface area contributed by atoms with E-state index in [4.69, 9.17) is 9.52 Å². The predicted octanol–water partition coefficient (Wildman–Crippen LogP) is 2.79. The molecule has 1 unspecified atom stereocenters. The van der Waals surface area contributed by atoms with Gasteiger partial charge in [-0.3, -0.25) is 9.59 Å². The van der Waals surface area contributed by atoms with E-state index in [1.165, 1.54) is 6.26 Å². The van der Waals surface area contributed by atoms with Crippen molar-refractivity contribution in [3.05, 3.63) is 59.5 Å². The van der Waals surface area contributed by atoms with Gasteiger partial charge < -0.3 is 14.8 Å². The summed E-state index contributed by atoms with van der Waals surface area (Å²) >= 11 is 0. The van der Waals surface area contributed by atoms with Crippen LogP contribution in [0, 0.1) is 6.92 Å². The van der Waals surface area contributed by atoms with E-state index in [0.717, 1.165) is 5.56 Å². The molecule has 0 bridgehead atoms. The van der Waals surface area contributed by atoms with Crippen molar-refractivity contribution in [3.63, 3.8) is 0 Å². The summed E-state index contributed by atoms with van der Waals surface area (Å²) in [5, 5.41) is 11.8. The van der Waals surface area contributed by atoms with Gasteiger partial charge in [-0.05, 0) is 31.4 Å². The van der Waals surface area contributed by atoms with Crippen LogP contribution in [0.3, 0.4) is 0 Å². The fraction of sp³-hybridized carbons (Fsp3) is 0.294. The molecular formula is C17H19NO4. The fourth-order valence-corrected chi connectivity index (χ4v) is 2.31. The maximum Gasteiger partial charge on any atom is 0.303 e. The second-order valence-electron chi connectivity index (χ2n) is 5.18. The first-order valence-electron chi connectivity index (χ1n) is 7.17. The van der Waals surface area contributed by atoms with Crippen molar-refractivity contribution in [2.45, 2.75) is 32.2 Å². The summed E-state index contributed by atoms with van der Waals surface area (Å²) in [6, 6.07) is 11.1. The molecule has 1 atom stereocenters. The van der Waals surface area contributed by atoms with Crippen molar-refractivity contribution in [2.24, 2.45) is 0 Å². The SMILES string of the molecule is Cc1occc1C(=O)NC(CCC(=O)O)Cc1ccccc1. The quantitative estimate of drug-likeness (QED) is 0.824. The van der Waals surface area contributed by atoms with Crippen LogP contribution in [0.2, 0.25) is 0 Å². The van der Waals surface area contributed by atoms with Crippen LogP contribution in [0.5, 0.6) is 0 Å². The van der Waals surface area contributed by atoms with E-state index in [-0.39, 0.29) is 18.4 Å². The fourth-order valence-electron chi connectivity index (χ4n) is 2.31. The number of amides is 1. The van der Waals surface area contributed by atoms with E-state index in [2.05, 4.69) is 5.32 Å². The highest BCUT2D eigenvalue weighted by Crippen LogP contribution is 2.12. The molecule has 1 heterocycles. The van der Waals surface area contributed by atoms with Gasteiger partial charge in [-0.1, -0.05) is 30.3 Å². The Morgan fingerprint density at radius 1 is 1.23 bits per heavy atom. The molecule has 5 nitrogen and oxygen atoms in total. The Bertz CT molecular complexity index is 633. The predicted molar refractivity (Wildman–Crippen MR) is 81.7 cm³/mol. The van der Waals surface area contributed by atoms with E-state index < -0.39 is 5.97 Å². The number of aryl methyl sites for hydroxylation is 1. The van der Waals surface area contributed by atoms with Crippen LogP contribution in [0.1, 0.15) is 34.5 Å². The van der Waals surface area contributed by atoms with Gasteiger partial charge in [0.2, 0.25) is 0 Å². The summed E-state index contributed by atoms with van der Waals surface area (Å²) in [7, 11) is 0. The summed E-state index contributed by atoms with van der Waals surface area (Å²) in [5.41, 5.74) is 1.54. The van der Waals surface area contributed by atoms with E-state index in [0.29, 0.717) is 24.2 Å². The molecular weight excluding hydrogens is 282 g/mol. The van der Waals surface area contributed by atoms with Crippen molar-refractivity contribution in [2.75, 3.05) is 0 Å². The highest BCUT2D eigenvalue weighted by molar-refractivity contribution is 5.95. The van der Waals surface area contributed by atoms with E-state index >= 15 is 0 Å². The maximum absolute atomic E-state index is 12.3. The molecule has 0 saturated carbocycles. The van der Waals surface area contributed by atoms with Gasteiger partial charge in [0.1, 0.15) is 5.76 Å². The molecule has 2 rings (SSSR count). The lowest BCUT2D eigenvalue weighted by atomic mass is 10.0. The Balaban J connectivity index is 2.05. The minimum absolute atomic E-state index is 0.0160. The number of furan rings is 1. The molecule has 1 aromatic carbocycles. The number of hydrogen-bond donors (Lipinski definition) is 2. The van der Waals surface area contributed by atoms with Crippen molar-refractivity contribution in [1.29, 1.82) is 0 Å². The molecule has 1 amide bonds. The van der Waals surface area contributed by atoms with Gasteiger partial charge >= 0.3 is 5.97 Å². The van der Waals surface area contributed by atoms with Crippen LogP contribution >= 0.6 is 0 Å². The third-order valence-electron chi connectivity index (χ3n) is 3.47. The molecule has 116 valence electrons. The molecule has 1 aromatic heterocycles. The number of benzene rings is 1. The number of hydrogen-bond acceptors (Lipinski definition) is 3. The standard InChI is InChI=1S/C17H19NO4/c1-12-15(9-10-22-12)17(21)18-14(7-8-16(19)20)11-13-5-3-2-4-6-13/h2-6,9-10,14H,7-8,11H2,1H3,(H,18,21)(H,19,20). The molecule has 0 aliphatic heterocycles. The Kier molecular flexibility index (Phi) is 5.36. The summed E-state index contributed by atoms with van der Waals surface area (Å²) < 4.78 is 5.13. The lowest BCUT2D eigenvalue weighted by molar-refractivity contribution is -0.137. The van der Waals surface area contributed by atoms with E-state index in [9.17, 15) is 9.59 Å². The summed E-state index contributed by atoms with van der Waals surface area (Å²) in [6.45, 7) is 1.72. The minimum Gasteiger partial charge on any atom is -0.481 e. The molecule has 0 fully saturated rings. The van der Waals surface area contributed by atoms with E-state index in [1.54, 1.807) is 13.0 Å². The molecule has 0 aliphatic carbocycles. The molecule has 0 aliphatic rings. The molecule has 0 radical (unpaired) electrons. The third-order valence-corrected chi connectivity index (χ3v) is 3.47. The summed E-state index contributed by atoms with van der Waals surface area (Å²) in [6.07, 6.45) is 2.46. The Morgan fingerprint density at radius 3 is 2.55 bits per heavy atom. The monoisotopic (exact) mass is 301 g/mol. The van der Waals surface area contributed by atoms with Gasteiger partial charge in [-0.2, -0.15) is 0 Å². The zero-order chi connectivity index (χ0) is 15.9. The average molecular weight is 301 g/mol. The van der Waals surface area contributed by atoms with Crippen molar-refractivity contribution >= 4 is 11.9 Å². The number of carbonyl (C=O) groups is 2. The number of carboxylic acid groups (broad SMARTS) is 1. The number of aliphatic carboxylic acids is 1. The van der Waals surface area contributed by atoms with Gasteiger partial charge in [0.05, 0.1) is 11.8 Å². The number of carbonyl (C=O) groups excluding carboxylic acids is 1. The first kappa shape index (κ1) is 15.8. The maximum atomic E-state index is 12.3. The molecule has 0 saturated heterocycles. The Hall–Kier alpha value is -2.56. The molecule has 22 heavy (non-hydrogen) atoms. The van der Waals surface area contributed by atoms with Gasteiger partial charge in [-0.15, -0.1) is 0 Å². The Morgan fingerprint density at radius 2 is 1.95 bits per heavy atom. The lowest BCUT2D eigenvalue weighted by Crippen LogP contribution is -2.37. The molecule has 0 spiro atoms. The topological polar surface area (TPSA) is 79.5 Å². The minimum atomic E-state index is -0.869. The van der Waals surface area contributed by atoms with Crippen molar-refractivity contribution < 1.29 is 19.1 Å². The molecule has 5 heteroatoms. The van der Waals surface area contributed by atoms with Crippen LogP contribution in [0.15, 0.2) is 47.1 Å². The van der Waals surface area contributed by atoms with Crippen LogP contribution in [0.25, 0.3) is 0 Å². The third kappa shape index (κ3) is 4.48. The zero-order valence-electron chi connectivity index (χ0n) is 12.4. The highest BCUT2D eigenvalue weighted by Gasteiger charge is 2.18. The smallest absolute Gasteiger partial charge is 0.303 e. The van der Waals surface area contributed by atoms with Gasteiger partial charge in [0, 0.05) is 12.5 Å². The van der Waals surface area contributed by atoms with Crippen LogP contribution in [0.4, 0.5) is 0 Å². The number of nitrogens with one attached hydrogen (secondary N) is 1. The van der Waals surface area contributed by atoms with Crippen molar-refractivity contribution in [1.82, 2.24) is 5.32 Å². The van der Waals surface area contributed by atoms with Crippen LogP contribution in [-0.4, -0.2) is 23.0 Å². The van der Waals surface area contributed by atoms with Gasteiger partial charge in [0.25, 0.3) is 5.91 Å². The Labute approximate surface area is 129 Å². The number of carboxylic acids is 1. The highest BCUT2D eigenvalue weighted by atomic mass is 16.4. The molecule has 2 aromatic rings. The largest absolute Gasteiger partial charge is 0.481 e. The van der Waals surface area contributed by atoms with Gasteiger partial charge in [-0.25, -0.2) is 0 Å². The second-order valence-corrected chi connectivity index (χ2v) is 5.18. The number of rotatable bonds is 7. The van der Waals surface area contributed by atoms with Crippen LogP contribution < -0.4 is 5.32 Å². The van der Waals surface area contributed by atoms with Crippen LogP contribution in [-0.2, 0) is 11.2 Å². The first-order valence-corrected chi connectivity index (χ1v) is 7.17. The summed E-state index contributed by atoms with van der Waals surface area (Å²) in [5.74, 6) is -0.557. The van der Waals surface area contributed by atoms with E-state index in [1.807, 2.05) is 30.3 Å². The average Bonchev–Trinajstić information content (AvgIpc) is 2.92. The normalized spacial score (nSPS) is 11.9. The van der Waals surface area contributed by atoms with Crippen molar-refractivity contribution in [3.8, 4) is 0 Å². The zero-order valence-corrected chi connectivity index (χ0v) is 12.4. The molecule has 2 N–H and O–H groups in total. The lowest BCUT2D eigenvalue weighted by Gasteiger charge is -2.18. The first-order chi connectivity index (χ1) is 10.6. The van der Waals surface area contributed by atoms with Gasteiger partial charge in [0.15, 0.2) is 0 Å². The second kappa shape index (κ2) is 7.45.